The summed E-state index contributed by atoms with van der Waals surface area (Å²) in [4.78, 5) is 25.5. The van der Waals surface area contributed by atoms with E-state index in [-0.39, 0.29) is 11.9 Å². The highest BCUT2D eigenvalue weighted by atomic mass is 32.1. The topological polar surface area (TPSA) is 67.4 Å². The number of hydrogen-bond acceptors (Lipinski definition) is 5. The summed E-state index contributed by atoms with van der Waals surface area (Å²) in [6, 6.07) is 0. The summed E-state index contributed by atoms with van der Waals surface area (Å²) >= 11 is 1.41. The van der Waals surface area contributed by atoms with E-state index < -0.39 is 5.54 Å². The molecule has 2 N–H and O–H groups in total. The van der Waals surface area contributed by atoms with E-state index in [9.17, 15) is 9.59 Å². The van der Waals surface area contributed by atoms with Gasteiger partial charge in [-0.05, 0) is 46.7 Å². The van der Waals surface area contributed by atoms with E-state index in [1.54, 1.807) is 27.8 Å². The Labute approximate surface area is 130 Å². The van der Waals surface area contributed by atoms with E-state index >= 15 is 0 Å². The number of carbonyl (C=O) groups is 2. The van der Waals surface area contributed by atoms with Gasteiger partial charge in [-0.15, -0.1) is 11.3 Å². The number of hydrogen-bond donors (Lipinski definition) is 2. The molecule has 0 saturated carbocycles. The normalized spacial score (nSPS) is 11.3. The SMILES string of the molecule is CCOC(=O)c1c(NC(=O)C(C)(C)NC)sc(C)c1CC. The third-order valence-corrected chi connectivity index (χ3v) is 4.52. The van der Waals surface area contributed by atoms with Crippen molar-refractivity contribution in [3.05, 3.63) is 16.0 Å². The van der Waals surface area contributed by atoms with Crippen LogP contribution in [0.25, 0.3) is 0 Å². The van der Waals surface area contributed by atoms with Crippen molar-refractivity contribution < 1.29 is 14.3 Å². The first-order chi connectivity index (χ1) is 9.78. The number of nitrogens with one attached hydrogen (secondary N) is 2. The molecular weight excluding hydrogens is 288 g/mol. The van der Waals surface area contributed by atoms with Crippen molar-refractivity contribution in [2.75, 3.05) is 19.0 Å². The van der Waals surface area contributed by atoms with E-state index in [0.717, 1.165) is 16.9 Å². The molecule has 0 aliphatic carbocycles. The van der Waals surface area contributed by atoms with Crippen LogP contribution in [-0.4, -0.2) is 31.1 Å². The minimum Gasteiger partial charge on any atom is -0.462 e. The Morgan fingerprint density at radius 2 is 1.90 bits per heavy atom. The van der Waals surface area contributed by atoms with Gasteiger partial charge in [-0.3, -0.25) is 4.79 Å². The van der Waals surface area contributed by atoms with E-state index in [2.05, 4.69) is 10.6 Å². The van der Waals surface area contributed by atoms with Crippen LogP contribution in [0.5, 0.6) is 0 Å². The maximum absolute atomic E-state index is 12.3. The Hall–Kier alpha value is -1.40. The standard InChI is InChI=1S/C15H24N2O3S/c1-7-10-9(3)21-12(11(10)13(18)20-8-2)17-14(19)15(4,5)16-6/h16H,7-8H2,1-6H3,(H,17,19). The van der Waals surface area contributed by atoms with Crippen molar-refractivity contribution in [3.63, 3.8) is 0 Å². The molecule has 0 unspecified atom stereocenters. The lowest BCUT2D eigenvalue weighted by Crippen LogP contribution is -2.47. The lowest BCUT2D eigenvalue weighted by molar-refractivity contribution is -0.121. The fraction of sp³-hybridized carbons (Fsp3) is 0.600. The van der Waals surface area contributed by atoms with Crippen LogP contribution in [0.2, 0.25) is 0 Å². The lowest BCUT2D eigenvalue weighted by Gasteiger charge is -2.22. The Kier molecular flexibility index (Phi) is 5.92. The number of likely N-dealkylation sites (N-methyl/N-ethyl adjacent to an activating group) is 1. The van der Waals surface area contributed by atoms with Gasteiger partial charge in [0.05, 0.1) is 17.7 Å². The molecule has 0 spiro atoms. The minimum atomic E-state index is -0.712. The fourth-order valence-corrected chi connectivity index (χ4v) is 3.01. The smallest absolute Gasteiger partial charge is 0.341 e. The van der Waals surface area contributed by atoms with Crippen molar-refractivity contribution in [1.82, 2.24) is 5.32 Å². The number of ether oxygens (including phenoxy) is 1. The highest BCUT2D eigenvalue weighted by Gasteiger charge is 2.29. The Morgan fingerprint density at radius 1 is 1.29 bits per heavy atom. The van der Waals surface area contributed by atoms with Crippen LogP contribution >= 0.6 is 11.3 Å². The first kappa shape index (κ1) is 17.7. The zero-order chi connectivity index (χ0) is 16.2. The molecule has 0 aliphatic heterocycles. The second-order valence-corrected chi connectivity index (χ2v) is 6.47. The molecule has 0 bridgehead atoms. The number of thiophene rings is 1. The van der Waals surface area contributed by atoms with Gasteiger partial charge in [-0.1, -0.05) is 6.92 Å². The second-order valence-electron chi connectivity index (χ2n) is 5.24. The van der Waals surface area contributed by atoms with Crippen molar-refractivity contribution in [1.29, 1.82) is 0 Å². The van der Waals surface area contributed by atoms with Gasteiger partial charge < -0.3 is 15.4 Å². The first-order valence-electron chi connectivity index (χ1n) is 7.08. The van der Waals surface area contributed by atoms with Crippen LogP contribution in [-0.2, 0) is 16.0 Å². The van der Waals surface area contributed by atoms with Crippen LogP contribution in [0.4, 0.5) is 5.00 Å². The number of carbonyl (C=O) groups excluding carboxylic acids is 2. The van der Waals surface area contributed by atoms with Gasteiger partial charge in [0.15, 0.2) is 0 Å². The monoisotopic (exact) mass is 312 g/mol. The minimum absolute atomic E-state index is 0.181. The molecular formula is C15H24N2O3S. The van der Waals surface area contributed by atoms with Gasteiger partial charge in [0.1, 0.15) is 5.00 Å². The van der Waals surface area contributed by atoms with Gasteiger partial charge in [0.2, 0.25) is 5.91 Å². The Morgan fingerprint density at radius 3 is 2.38 bits per heavy atom. The van der Waals surface area contributed by atoms with Crippen molar-refractivity contribution >= 4 is 28.2 Å². The molecule has 0 aliphatic rings. The molecule has 5 nitrogen and oxygen atoms in total. The summed E-state index contributed by atoms with van der Waals surface area (Å²) in [6.45, 7) is 9.59. The van der Waals surface area contributed by atoms with Gasteiger partial charge in [-0.25, -0.2) is 4.79 Å². The van der Waals surface area contributed by atoms with Crippen LogP contribution in [0.1, 0.15) is 48.5 Å². The van der Waals surface area contributed by atoms with Gasteiger partial charge >= 0.3 is 5.97 Å². The lowest BCUT2D eigenvalue weighted by atomic mass is 10.0. The molecule has 118 valence electrons. The van der Waals surface area contributed by atoms with Crippen LogP contribution in [0, 0.1) is 6.92 Å². The van der Waals surface area contributed by atoms with Gasteiger partial charge in [-0.2, -0.15) is 0 Å². The van der Waals surface area contributed by atoms with Crippen LogP contribution in [0.15, 0.2) is 0 Å². The van der Waals surface area contributed by atoms with Crippen LogP contribution < -0.4 is 10.6 Å². The molecule has 1 aromatic heterocycles. The molecule has 0 saturated heterocycles. The summed E-state index contributed by atoms with van der Waals surface area (Å²) in [6.07, 6.45) is 0.724. The largest absolute Gasteiger partial charge is 0.462 e. The van der Waals surface area contributed by atoms with Crippen molar-refractivity contribution in [2.24, 2.45) is 0 Å². The number of aryl methyl sites for hydroxylation is 1. The second kappa shape index (κ2) is 7.04. The average Bonchev–Trinajstić information content (AvgIpc) is 2.74. The van der Waals surface area contributed by atoms with E-state index in [1.807, 2.05) is 13.8 Å². The molecule has 0 aromatic carbocycles. The predicted molar refractivity (Wildman–Crippen MR) is 86.2 cm³/mol. The molecule has 0 radical (unpaired) electrons. The molecule has 1 amide bonds. The summed E-state index contributed by atoms with van der Waals surface area (Å²) in [7, 11) is 1.73. The molecule has 0 fully saturated rings. The number of anilines is 1. The van der Waals surface area contributed by atoms with Crippen LogP contribution in [0.3, 0.4) is 0 Å². The zero-order valence-electron chi connectivity index (χ0n) is 13.5. The molecule has 1 rings (SSSR count). The number of esters is 1. The zero-order valence-corrected chi connectivity index (χ0v) is 14.4. The molecule has 0 atom stereocenters. The molecule has 1 heterocycles. The quantitative estimate of drug-likeness (QED) is 0.793. The number of rotatable bonds is 6. The molecule has 6 heteroatoms. The predicted octanol–water partition coefficient (Wildman–Crippen LogP) is 2.73. The van der Waals surface area contributed by atoms with E-state index in [0.29, 0.717) is 17.2 Å². The van der Waals surface area contributed by atoms with Gasteiger partial charge in [0, 0.05) is 4.88 Å². The maximum atomic E-state index is 12.3. The Bertz CT molecular complexity index is 535. The third-order valence-electron chi connectivity index (χ3n) is 3.46. The van der Waals surface area contributed by atoms with E-state index in [4.69, 9.17) is 4.74 Å². The number of amides is 1. The summed E-state index contributed by atoms with van der Waals surface area (Å²) in [5.74, 6) is -0.560. The maximum Gasteiger partial charge on any atom is 0.341 e. The fourth-order valence-electron chi connectivity index (χ4n) is 1.88. The van der Waals surface area contributed by atoms with Crippen molar-refractivity contribution in [2.45, 2.75) is 46.6 Å². The van der Waals surface area contributed by atoms with E-state index in [1.165, 1.54) is 11.3 Å². The summed E-state index contributed by atoms with van der Waals surface area (Å²) in [5.41, 5.74) is 0.717. The summed E-state index contributed by atoms with van der Waals surface area (Å²) in [5, 5.41) is 6.37. The highest BCUT2D eigenvalue weighted by Crippen LogP contribution is 2.34. The molecule has 21 heavy (non-hydrogen) atoms. The first-order valence-corrected chi connectivity index (χ1v) is 7.89. The van der Waals surface area contributed by atoms with Gasteiger partial charge in [0.25, 0.3) is 0 Å². The molecule has 1 aromatic rings. The summed E-state index contributed by atoms with van der Waals surface area (Å²) < 4.78 is 5.12. The highest BCUT2D eigenvalue weighted by molar-refractivity contribution is 7.16. The van der Waals surface area contributed by atoms with Crippen molar-refractivity contribution in [3.8, 4) is 0 Å². The average molecular weight is 312 g/mol. The Balaban J connectivity index is 3.18. The third kappa shape index (κ3) is 3.83.